The summed E-state index contributed by atoms with van der Waals surface area (Å²) in [5.41, 5.74) is 0.872. The molecule has 0 aliphatic rings. The van der Waals surface area contributed by atoms with Crippen molar-refractivity contribution in [3.8, 4) is 5.75 Å². The molecule has 148 valence electrons. The zero-order chi connectivity index (χ0) is 20.5. The first-order valence-corrected chi connectivity index (χ1v) is 10.1. The SMILES string of the molecule is CC[C@H](C(=O)Nc1ccc(OC)c(Cl)c1)n1cnc2c(sc3ncccc32)c1=O. The van der Waals surface area contributed by atoms with Gasteiger partial charge < -0.3 is 10.1 Å². The number of methoxy groups -OCH3 is 1. The lowest BCUT2D eigenvalue weighted by Gasteiger charge is -2.18. The van der Waals surface area contributed by atoms with Gasteiger partial charge in [0.25, 0.3) is 5.56 Å². The summed E-state index contributed by atoms with van der Waals surface area (Å²) in [5.74, 6) is 0.192. The number of ether oxygens (including phenoxy) is 1. The van der Waals surface area contributed by atoms with Gasteiger partial charge in [-0.2, -0.15) is 0 Å². The van der Waals surface area contributed by atoms with E-state index >= 15 is 0 Å². The molecule has 0 bridgehead atoms. The molecule has 1 amide bonds. The number of fused-ring (bicyclic) bond motifs is 3. The molecule has 1 aromatic carbocycles. The van der Waals surface area contributed by atoms with Crippen molar-refractivity contribution in [2.45, 2.75) is 19.4 Å². The summed E-state index contributed by atoms with van der Waals surface area (Å²) >= 11 is 7.41. The first-order chi connectivity index (χ1) is 14.0. The Morgan fingerprint density at radius 3 is 2.90 bits per heavy atom. The maximum absolute atomic E-state index is 13.1. The number of hydrogen-bond donors (Lipinski definition) is 1. The highest BCUT2D eigenvalue weighted by Crippen LogP contribution is 2.29. The van der Waals surface area contributed by atoms with Gasteiger partial charge in [-0.3, -0.25) is 14.2 Å². The summed E-state index contributed by atoms with van der Waals surface area (Å²) in [7, 11) is 1.52. The van der Waals surface area contributed by atoms with Crippen LogP contribution in [0.5, 0.6) is 5.75 Å². The topological polar surface area (TPSA) is 86.1 Å². The third-order valence-corrected chi connectivity index (χ3v) is 6.01. The fourth-order valence-electron chi connectivity index (χ4n) is 3.18. The Hall–Kier alpha value is -2.97. The van der Waals surface area contributed by atoms with Crippen LogP contribution in [-0.4, -0.2) is 27.6 Å². The monoisotopic (exact) mass is 428 g/mol. The van der Waals surface area contributed by atoms with Crippen LogP contribution in [-0.2, 0) is 4.79 Å². The Morgan fingerprint density at radius 1 is 1.34 bits per heavy atom. The van der Waals surface area contributed by atoms with Crippen LogP contribution in [0.4, 0.5) is 5.69 Å². The number of halogens is 1. The van der Waals surface area contributed by atoms with Crippen molar-refractivity contribution >= 4 is 55.0 Å². The molecule has 3 heterocycles. The van der Waals surface area contributed by atoms with E-state index in [0.29, 0.717) is 33.1 Å². The number of nitrogens with one attached hydrogen (secondary N) is 1. The van der Waals surface area contributed by atoms with Crippen molar-refractivity contribution < 1.29 is 9.53 Å². The molecule has 0 fully saturated rings. The van der Waals surface area contributed by atoms with Gasteiger partial charge in [0.15, 0.2) is 0 Å². The number of anilines is 1. The Morgan fingerprint density at radius 2 is 2.17 bits per heavy atom. The number of hydrogen-bond acceptors (Lipinski definition) is 6. The second-order valence-corrected chi connectivity index (χ2v) is 7.76. The van der Waals surface area contributed by atoms with E-state index in [-0.39, 0.29) is 11.5 Å². The van der Waals surface area contributed by atoms with Crippen molar-refractivity contribution in [1.82, 2.24) is 14.5 Å². The van der Waals surface area contributed by atoms with E-state index < -0.39 is 6.04 Å². The molecule has 1 N–H and O–H groups in total. The molecule has 9 heteroatoms. The molecule has 0 aliphatic heterocycles. The van der Waals surface area contributed by atoms with Crippen molar-refractivity contribution in [3.05, 3.63) is 58.2 Å². The minimum absolute atomic E-state index is 0.257. The molecule has 0 radical (unpaired) electrons. The van der Waals surface area contributed by atoms with Gasteiger partial charge in [-0.05, 0) is 36.8 Å². The number of nitrogens with zero attached hydrogens (tertiary/aromatic N) is 3. The molecule has 1 atom stereocenters. The molecule has 4 rings (SSSR count). The van der Waals surface area contributed by atoms with Crippen LogP contribution in [0.25, 0.3) is 20.4 Å². The number of rotatable bonds is 5. The lowest BCUT2D eigenvalue weighted by molar-refractivity contribution is -0.119. The Kier molecular flexibility index (Phi) is 5.21. The summed E-state index contributed by atoms with van der Waals surface area (Å²) in [6.07, 6.45) is 3.53. The summed E-state index contributed by atoms with van der Waals surface area (Å²) in [6.45, 7) is 1.84. The number of benzene rings is 1. The zero-order valence-corrected chi connectivity index (χ0v) is 17.3. The first-order valence-electron chi connectivity index (χ1n) is 8.92. The summed E-state index contributed by atoms with van der Waals surface area (Å²) in [6, 6.07) is 7.95. The maximum atomic E-state index is 13.1. The lowest BCUT2D eigenvalue weighted by atomic mass is 10.2. The molecule has 3 aromatic heterocycles. The van der Waals surface area contributed by atoms with Gasteiger partial charge >= 0.3 is 0 Å². The number of pyridine rings is 1. The average molecular weight is 429 g/mol. The highest BCUT2D eigenvalue weighted by Gasteiger charge is 2.22. The molecule has 29 heavy (non-hydrogen) atoms. The molecule has 0 aliphatic carbocycles. The van der Waals surface area contributed by atoms with Gasteiger partial charge in [0.2, 0.25) is 5.91 Å². The van der Waals surface area contributed by atoms with Gasteiger partial charge in [-0.15, -0.1) is 11.3 Å². The minimum Gasteiger partial charge on any atom is -0.495 e. The molecule has 0 saturated carbocycles. The Balaban J connectivity index is 1.70. The largest absolute Gasteiger partial charge is 0.495 e. The standard InChI is InChI=1S/C20H17ClN4O3S/c1-3-14(18(26)24-11-6-7-15(28-2)13(21)9-11)25-10-23-16-12-5-4-8-22-19(12)29-17(16)20(25)27/h4-10,14H,3H2,1-2H3,(H,24,26)/t14-/m1/s1. The average Bonchev–Trinajstić information content (AvgIpc) is 3.10. The third kappa shape index (κ3) is 3.45. The van der Waals surface area contributed by atoms with Gasteiger partial charge in [-0.1, -0.05) is 18.5 Å². The van der Waals surface area contributed by atoms with Gasteiger partial charge in [0.1, 0.15) is 21.3 Å². The smallest absolute Gasteiger partial charge is 0.272 e. The normalized spacial score (nSPS) is 12.2. The Labute approximate surface area is 174 Å². The highest BCUT2D eigenvalue weighted by molar-refractivity contribution is 7.25. The number of thiophene rings is 1. The summed E-state index contributed by atoms with van der Waals surface area (Å²) in [4.78, 5) is 35.5. The summed E-state index contributed by atoms with van der Waals surface area (Å²) < 4.78 is 6.98. The van der Waals surface area contributed by atoms with Crippen molar-refractivity contribution in [1.29, 1.82) is 0 Å². The number of aromatic nitrogens is 3. The van der Waals surface area contributed by atoms with Gasteiger partial charge in [0.05, 0.1) is 24.0 Å². The number of amides is 1. The van der Waals surface area contributed by atoms with Crippen LogP contribution >= 0.6 is 22.9 Å². The van der Waals surface area contributed by atoms with E-state index in [9.17, 15) is 9.59 Å². The predicted octanol–water partition coefficient (Wildman–Crippen LogP) is 4.26. The second kappa shape index (κ2) is 7.81. The van der Waals surface area contributed by atoms with Crippen molar-refractivity contribution in [2.24, 2.45) is 0 Å². The Bertz CT molecular complexity index is 1280. The van der Waals surface area contributed by atoms with Crippen LogP contribution in [0.15, 0.2) is 47.7 Å². The van der Waals surface area contributed by atoms with Crippen LogP contribution in [0.1, 0.15) is 19.4 Å². The van der Waals surface area contributed by atoms with Gasteiger partial charge in [-0.25, -0.2) is 9.97 Å². The fraction of sp³-hybridized carbons (Fsp3) is 0.200. The zero-order valence-electron chi connectivity index (χ0n) is 15.7. The van der Waals surface area contributed by atoms with Crippen molar-refractivity contribution in [3.63, 3.8) is 0 Å². The molecule has 0 unspecified atom stereocenters. The molecule has 7 nitrogen and oxygen atoms in total. The van der Waals surface area contributed by atoms with Crippen LogP contribution in [0.2, 0.25) is 5.02 Å². The van der Waals surface area contributed by atoms with Crippen LogP contribution < -0.4 is 15.6 Å². The summed E-state index contributed by atoms with van der Waals surface area (Å²) in [5, 5.41) is 4.03. The predicted molar refractivity (Wildman–Crippen MR) is 115 cm³/mol. The van der Waals surface area contributed by atoms with Crippen LogP contribution in [0, 0.1) is 0 Å². The minimum atomic E-state index is -0.710. The molecule has 0 spiro atoms. The van der Waals surface area contributed by atoms with E-state index in [4.69, 9.17) is 16.3 Å². The highest BCUT2D eigenvalue weighted by atomic mass is 35.5. The number of carbonyl (C=O) groups excluding carboxylic acids is 1. The first kappa shape index (κ1) is 19.4. The molecular weight excluding hydrogens is 412 g/mol. The molecular formula is C20H17ClN4O3S. The van der Waals surface area contributed by atoms with E-state index in [1.807, 2.05) is 19.1 Å². The van der Waals surface area contributed by atoms with E-state index in [1.54, 1.807) is 24.4 Å². The maximum Gasteiger partial charge on any atom is 0.272 e. The van der Waals surface area contributed by atoms with Crippen molar-refractivity contribution in [2.75, 3.05) is 12.4 Å². The molecule has 4 aromatic rings. The van der Waals surface area contributed by atoms with E-state index in [2.05, 4.69) is 15.3 Å². The second-order valence-electron chi connectivity index (χ2n) is 6.36. The van der Waals surface area contributed by atoms with Crippen LogP contribution in [0.3, 0.4) is 0 Å². The quantitative estimate of drug-likeness (QED) is 0.513. The third-order valence-electron chi connectivity index (χ3n) is 4.62. The van der Waals surface area contributed by atoms with E-state index in [0.717, 1.165) is 10.2 Å². The molecule has 0 saturated heterocycles. The fourth-order valence-corrected chi connectivity index (χ4v) is 4.47. The lowest BCUT2D eigenvalue weighted by Crippen LogP contribution is -2.33. The number of carbonyl (C=O) groups is 1. The van der Waals surface area contributed by atoms with Gasteiger partial charge in [0, 0.05) is 17.3 Å². The van der Waals surface area contributed by atoms with E-state index in [1.165, 1.54) is 29.3 Å².